The van der Waals surface area contributed by atoms with Crippen molar-refractivity contribution < 1.29 is 33.3 Å². The van der Waals surface area contributed by atoms with Crippen molar-refractivity contribution in [1.29, 1.82) is 0 Å². The molecule has 9 heteroatoms. The number of amides is 2. The van der Waals surface area contributed by atoms with E-state index in [1.807, 2.05) is 24.3 Å². The van der Waals surface area contributed by atoms with Crippen LogP contribution in [-0.4, -0.2) is 50.1 Å². The fraction of sp³-hybridized carbons (Fsp3) is 0.348. The number of rotatable bonds is 7. The number of carbonyl (C=O) groups excluding carboxylic acids is 3. The Morgan fingerprint density at radius 3 is 2.53 bits per heavy atom. The molecule has 0 saturated carbocycles. The van der Waals surface area contributed by atoms with E-state index in [2.05, 4.69) is 5.32 Å². The molecule has 0 bridgehead atoms. The van der Waals surface area contributed by atoms with Crippen molar-refractivity contribution >= 4 is 17.8 Å². The van der Waals surface area contributed by atoms with Crippen molar-refractivity contribution in [2.24, 2.45) is 0 Å². The normalized spacial score (nSPS) is 19.4. The second-order valence-electron chi connectivity index (χ2n) is 7.41. The highest BCUT2D eigenvalue weighted by Gasteiger charge is 2.47. The summed E-state index contributed by atoms with van der Waals surface area (Å²) in [5.74, 6) is 0.0547. The molecule has 0 unspecified atom stereocenters. The van der Waals surface area contributed by atoms with Gasteiger partial charge in [-0.1, -0.05) is 18.2 Å². The van der Waals surface area contributed by atoms with E-state index in [1.165, 1.54) is 19.1 Å². The van der Waals surface area contributed by atoms with Crippen molar-refractivity contribution in [3.63, 3.8) is 0 Å². The highest BCUT2D eigenvalue weighted by atomic mass is 16.6. The third-order valence-electron chi connectivity index (χ3n) is 5.72. The Labute approximate surface area is 185 Å². The summed E-state index contributed by atoms with van der Waals surface area (Å²) in [6, 6.07) is 9.89. The van der Waals surface area contributed by atoms with Crippen LogP contribution >= 0.6 is 0 Å². The monoisotopic (exact) mass is 440 g/mol. The van der Waals surface area contributed by atoms with Gasteiger partial charge in [-0.25, -0.2) is 4.79 Å². The minimum Gasteiger partial charge on any atom is -0.496 e. The number of hydrogen-bond donors (Lipinski definition) is 1. The molecular weight excluding hydrogens is 416 g/mol. The fourth-order valence-corrected chi connectivity index (χ4v) is 4.19. The first-order chi connectivity index (χ1) is 15.5. The number of ether oxygens (including phenoxy) is 4. The highest BCUT2D eigenvalue weighted by molar-refractivity contribution is 5.99. The van der Waals surface area contributed by atoms with Crippen LogP contribution in [-0.2, 0) is 20.9 Å². The first-order valence-electron chi connectivity index (χ1n) is 10.2. The standard InChI is InChI=1S/C23H24N2O7/c1-29-16-7-5-4-6-13(16)12-24-21(27)15-9-11-18(26)25(15)22-14-8-10-17(30-2)20(31-3)19(14)23(28)32-22/h4-8,10,15,22H,9,11-12H2,1-3H3,(H,24,27)/t15-,22+/m0/s1. The molecule has 4 rings (SSSR count). The maximum atomic E-state index is 13.0. The largest absolute Gasteiger partial charge is 0.496 e. The Kier molecular flexibility index (Phi) is 5.89. The molecule has 32 heavy (non-hydrogen) atoms. The Balaban J connectivity index is 1.58. The first kappa shape index (κ1) is 21.5. The van der Waals surface area contributed by atoms with Crippen LogP contribution in [0.15, 0.2) is 36.4 Å². The molecule has 2 heterocycles. The van der Waals surface area contributed by atoms with Gasteiger partial charge in [0.25, 0.3) is 0 Å². The number of cyclic esters (lactones) is 1. The molecule has 2 atom stereocenters. The topological polar surface area (TPSA) is 103 Å². The van der Waals surface area contributed by atoms with Crippen molar-refractivity contribution in [3.05, 3.63) is 53.1 Å². The molecule has 168 valence electrons. The summed E-state index contributed by atoms with van der Waals surface area (Å²) >= 11 is 0. The number of esters is 1. The van der Waals surface area contributed by atoms with Crippen molar-refractivity contribution in [3.8, 4) is 17.2 Å². The number of fused-ring (bicyclic) bond motifs is 1. The van der Waals surface area contributed by atoms with Gasteiger partial charge >= 0.3 is 5.97 Å². The van der Waals surface area contributed by atoms with Crippen LogP contribution in [0, 0.1) is 0 Å². The van der Waals surface area contributed by atoms with Crippen LogP contribution in [0.25, 0.3) is 0 Å². The third kappa shape index (κ3) is 3.59. The second kappa shape index (κ2) is 8.78. The van der Waals surface area contributed by atoms with Crippen molar-refractivity contribution in [2.45, 2.75) is 31.7 Å². The van der Waals surface area contributed by atoms with Gasteiger partial charge in [0.15, 0.2) is 11.5 Å². The smallest absolute Gasteiger partial charge is 0.344 e. The molecule has 0 radical (unpaired) electrons. The SMILES string of the molecule is COc1ccccc1CNC(=O)[C@@H]1CCC(=O)N1[C@@H]1OC(=O)c2c1ccc(OC)c2OC. The van der Waals surface area contributed by atoms with Gasteiger partial charge in [-0.05, 0) is 24.6 Å². The molecule has 9 nitrogen and oxygen atoms in total. The first-order valence-corrected chi connectivity index (χ1v) is 10.2. The Morgan fingerprint density at radius 1 is 1.06 bits per heavy atom. The molecule has 2 aliphatic rings. The van der Waals surface area contributed by atoms with Crippen LogP contribution in [0.4, 0.5) is 0 Å². The molecule has 1 N–H and O–H groups in total. The number of hydrogen-bond acceptors (Lipinski definition) is 7. The quantitative estimate of drug-likeness (QED) is 0.658. The molecule has 0 aliphatic carbocycles. The number of carbonyl (C=O) groups is 3. The van der Waals surface area contributed by atoms with Crippen LogP contribution in [0.5, 0.6) is 17.2 Å². The lowest BCUT2D eigenvalue weighted by molar-refractivity contribution is -0.145. The zero-order valence-corrected chi connectivity index (χ0v) is 18.0. The summed E-state index contributed by atoms with van der Waals surface area (Å²) in [5.41, 5.74) is 1.48. The Bertz CT molecular complexity index is 1070. The number of benzene rings is 2. The van der Waals surface area contributed by atoms with E-state index in [0.717, 1.165) is 5.56 Å². The number of methoxy groups -OCH3 is 3. The lowest BCUT2D eigenvalue weighted by Gasteiger charge is -2.29. The fourth-order valence-electron chi connectivity index (χ4n) is 4.19. The molecular formula is C23H24N2O7. The molecule has 1 saturated heterocycles. The average molecular weight is 440 g/mol. The molecule has 2 amide bonds. The zero-order chi connectivity index (χ0) is 22.8. The second-order valence-corrected chi connectivity index (χ2v) is 7.41. The Hall–Kier alpha value is -3.75. The van der Waals surface area contributed by atoms with Crippen LogP contribution < -0.4 is 19.5 Å². The van der Waals surface area contributed by atoms with E-state index in [-0.39, 0.29) is 36.1 Å². The molecule has 2 aliphatic heterocycles. The van der Waals surface area contributed by atoms with Gasteiger partial charge in [-0.3, -0.25) is 14.5 Å². The van der Waals surface area contributed by atoms with Gasteiger partial charge in [-0.2, -0.15) is 0 Å². The van der Waals surface area contributed by atoms with Crippen LogP contribution in [0.3, 0.4) is 0 Å². The highest BCUT2D eigenvalue weighted by Crippen LogP contribution is 2.45. The van der Waals surface area contributed by atoms with Gasteiger partial charge in [0.05, 0.1) is 21.3 Å². The summed E-state index contributed by atoms with van der Waals surface area (Å²) < 4.78 is 21.5. The number of likely N-dealkylation sites (tertiary alicyclic amines) is 1. The van der Waals surface area contributed by atoms with E-state index in [0.29, 0.717) is 23.5 Å². The van der Waals surface area contributed by atoms with E-state index in [1.54, 1.807) is 19.2 Å². The summed E-state index contributed by atoms with van der Waals surface area (Å²) in [6.45, 7) is 0.243. The van der Waals surface area contributed by atoms with Gasteiger partial charge in [0.2, 0.25) is 18.0 Å². The third-order valence-corrected chi connectivity index (χ3v) is 5.72. The van der Waals surface area contributed by atoms with Gasteiger partial charge in [0.1, 0.15) is 17.4 Å². The lowest BCUT2D eigenvalue weighted by atomic mass is 10.0. The van der Waals surface area contributed by atoms with Crippen molar-refractivity contribution in [1.82, 2.24) is 10.2 Å². The van der Waals surface area contributed by atoms with Gasteiger partial charge < -0.3 is 24.3 Å². The minimum absolute atomic E-state index is 0.184. The van der Waals surface area contributed by atoms with E-state index in [4.69, 9.17) is 18.9 Å². The van der Waals surface area contributed by atoms with Gasteiger partial charge in [0, 0.05) is 24.1 Å². The number of para-hydroxylation sites is 1. The lowest BCUT2D eigenvalue weighted by Crippen LogP contribution is -2.46. The molecule has 0 aromatic heterocycles. The van der Waals surface area contributed by atoms with Gasteiger partial charge in [-0.15, -0.1) is 0 Å². The summed E-state index contributed by atoms with van der Waals surface area (Å²) in [4.78, 5) is 39.7. The predicted molar refractivity (Wildman–Crippen MR) is 112 cm³/mol. The predicted octanol–water partition coefficient (Wildman–Crippen LogP) is 2.19. The number of nitrogens with zero attached hydrogens (tertiary/aromatic N) is 1. The molecule has 2 aromatic carbocycles. The van der Waals surface area contributed by atoms with E-state index in [9.17, 15) is 14.4 Å². The minimum atomic E-state index is -1.01. The molecule has 1 fully saturated rings. The maximum absolute atomic E-state index is 13.0. The summed E-state index contributed by atoms with van der Waals surface area (Å²) in [6.07, 6.45) is -0.495. The van der Waals surface area contributed by atoms with Crippen molar-refractivity contribution in [2.75, 3.05) is 21.3 Å². The summed E-state index contributed by atoms with van der Waals surface area (Å²) in [5, 5.41) is 2.87. The molecule has 2 aromatic rings. The van der Waals surface area contributed by atoms with Crippen LogP contribution in [0.2, 0.25) is 0 Å². The maximum Gasteiger partial charge on any atom is 0.344 e. The summed E-state index contributed by atoms with van der Waals surface area (Å²) in [7, 11) is 4.45. The average Bonchev–Trinajstić information content (AvgIpc) is 3.36. The van der Waals surface area contributed by atoms with E-state index >= 15 is 0 Å². The Morgan fingerprint density at radius 2 is 1.81 bits per heavy atom. The zero-order valence-electron chi connectivity index (χ0n) is 18.0. The molecule has 0 spiro atoms. The van der Waals surface area contributed by atoms with Crippen LogP contribution in [0.1, 0.15) is 40.6 Å². The van der Waals surface area contributed by atoms with E-state index < -0.39 is 18.2 Å². The number of nitrogens with one attached hydrogen (secondary N) is 1.